The van der Waals surface area contributed by atoms with Gasteiger partial charge >= 0.3 is 0 Å². The smallest absolute Gasteiger partial charge is 0.119 e. The SMILES string of the molecule is CC(C)c1ccc(OCC2CCC(CNC3CC3)O2)cc1. The lowest BCUT2D eigenvalue weighted by atomic mass is 10.0. The molecule has 1 aliphatic carbocycles. The van der Waals surface area contributed by atoms with Crippen LogP contribution in [0.2, 0.25) is 0 Å². The van der Waals surface area contributed by atoms with Gasteiger partial charge in [0.1, 0.15) is 12.4 Å². The highest BCUT2D eigenvalue weighted by Crippen LogP contribution is 2.24. The van der Waals surface area contributed by atoms with Gasteiger partial charge in [0, 0.05) is 12.6 Å². The Morgan fingerprint density at radius 3 is 2.48 bits per heavy atom. The van der Waals surface area contributed by atoms with Crippen LogP contribution >= 0.6 is 0 Å². The molecule has 2 unspecified atom stereocenters. The van der Waals surface area contributed by atoms with E-state index in [-0.39, 0.29) is 6.10 Å². The molecule has 3 heteroatoms. The molecule has 3 rings (SSSR count). The Morgan fingerprint density at radius 2 is 1.81 bits per heavy atom. The Morgan fingerprint density at radius 1 is 1.10 bits per heavy atom. The molecule has 116 valence electrons. The topological polar surface area (TPSA) is 30.5 Å². The Balaban J connectivity index is 1.38. The molecular formula is C18H27NO2. The summed E-state index contributed by atoms with van der Waals surface area (Å²) in [4.78, 5) is 0. The molecule has 2 fully saturated rings. The highest BCUT2D eigenvalue weighted by Gasteiger charge is 2.28. The first kappa shape index (κ1) is 14.9. The molecule has 1 heterocycles. The number of rotatable bonds is 7. The van der Waals surface area contributed by atoms with Crippen molar-refractivity contribution in [2.45, 2.75) is 63.7 Å². The van der Waals surface area contributed by atoms with Gasteiger partial charge in [-0.2, -0.15) is 0 Å². The van der Waals surface area contributed by atoms with E-state index < -0.39 is 0 Å². The number of hydrogen-bond acceptors (Lipinski definition) is 3. The molecule has 1 saturated carbocycles. The van der Waals surface area contributed by atoms with Gasteiger partial charge in [-0.3, -0.25) is 0 Å². The van der Waals surface area contributed by atoms with Crippen molar-refractivity contribution in [1.29, 1.82) is 0 Å². The van der Waals surface area contributed by atoms with E-state index in [4.69, 9.17) is 9.47 Å². The first-order valence-electron chi connectivity index (χ1n) is 8.32. The Labute approximate surface area is 128 Å². The number of benzene rings is 1. The summed E-state index contributed by atoms with van der Waals surface area (Å²) in [6, 6.07) is 9.20. The second-order valence-corrected chi connectivity index (χ2v) is 6.67. The van der Waals surface area contributed by atoms with E-state index in [1.165, 1.54) is 18.4 Å². The molecule has 1 aromatic carbocycles. The van der Waals surface area contributed by atoms with Crippen molar-refractivity contribution in [2.75, 3.05) is 13.2 Å². The van der Waals surface area contributed by atoms with Crippen LogP contribution in [0.25, 0.3) is 0 Å². The van der Waals surface area contributed by atoms with Gasteiger partial charge in [0.25, 0.3) is 0 Å². The zero-order valence-electron chi connectivity index (χ0n) is 13.2. The molecule has 2 aliphatic rings. The van der Waals surface area contributed by atoms with Gasteiger partial charge in [-0.15, -0.1) is 0 Å². The van der Waals surface area contributed by atoms with Crippen molar-refractivity contribution in [1.82, 2.24) is 5.32 Å². The average Bonchev–Trinajstić information content (AvgIpc) is 3.21. The van der Waals surface area contributed by atoms with Gasteiger partial charge in [0.15, 0.2) is 0 Å². The fourth-order valence-corrected chi connectivity index (χ4v) is 2.78. The highest BCUT2D eigenvalue weighted by atomic mass is 16.5. The fraction of sp³-hybridized carbons (Fsp3) is 0.667. The Bertz CT molecular complexity index is 439. The minimum atomic E-state index is 0.251. The van der Waals surface area contributed by atoms with Crippen LogP contribution in [0.5, 0.6) is 5.75 Å². The van der Waals surface area contributed by atoms with Crippen LogP contribution in [0.3, 0.4) is 0 Å². The molecule has 0 bridgehead atoms. The molecular weight excluding hydrogens is 262 g/mol. The molecule has 0 aromatic heterocycles. The monoisotopic (exact) mass is 289 g/mol. The summed E-state index contributed by atoms with van der Waals surface area (Å²) in [5.74, 6) is 1.51. The van der Waals surface area contributed by atoms with Crippen LogP contribution in [-0.4, -0.2) is 31.4 Å². The van der Waals surface area contributed by atoms with Gasteiger partial charge in [-0.05, 0) is 49.3 Å². The lowest BCUT2D eigenvalue weighted by Gasteiger charge is -2.15. The molecule has 1 aliphatic heterocycles. The van der Waals surface area contributed by atoms with Crippen molar-refractivity contribution in [3.63, 3.8) is 0 Å². The highest BCUT2D eigenvalue weighted by molar-refractivity contribution is 5.28. The molecule has 0 amide bonds. The lowest BCUT2D eigenvalue weighted by molar-refractivity contribution is 0.0184. The third-order valence-corrected chi connectivity index (χ3v) is 4.39. The fourth-order valence-electron chi connectivity index (χ4n) is 2.78. The van der Waals surface area contributed by atoms with Gasteiger partial charge < -0.3 is 14.8 Å². The van der Waals surface area contributed by atoms with E-state index in [1.807, 2.05) is 0 Å². The van der Waals surface area contributed by atoms with Crippen LogP contribution in [0, 0.1) is 0 Å². The molecule has 1 N–H and O–H groups in total. The third kappa shape index (κ3) is 4.45. The van der Waals surface area contributed by atoms with Crippen LogP contribution in [0.15, 0.2) is 24.3 Å². The summed E-state index contributed by atoms with van der Waals surface area (Å²) < 4.78 is 11.9. The van der Waals surface area contributed by atoms with Crippen LogP contribution in [-0.2, 0) is 4.74 Å². The van der Waals surface area contributed by atoms with Crippen molar-refractivity contribution in [3.8, 4) is 5.75 Å². The quantitative estimate of drug-likeness (QED) is 0.833. The first-order valence-corrected chi connectivity index (χ1v) is 8.32. The van der Waals surface area contributed by atoms with Crippen molar-refractivity contribution in [2.24, 2.45) is 0 Å². The van der Waals surface area contributed by atoms with Crippen LogP contribution in [0.4, 0.5) is 0 Å². The summed E-state index contributed by atoms with van der Waals surface area (Å²) in [5.41, 5.74) is 1.35. The average molecular weight is 289 g/mol. The summed E-state index contributed by atoms with van der Waals surface area (Å²) in [7, 11) is 0. The maximum absolute atomic E-state index is 6.04. The number of hydrogen-bond donors (Lipinski definition) is 1. The van der Waals surface area contributed by atoms with Crippen molar-refractivity contribution >= 4 is 0 Å². The molecule has 21 heavy (non-hydrogen) atoms. The maximum Gasteiger partial charge on any atom is 0.119 e. The van der Waals surface area contributed by atoms with E-state index >= 15 is 0 Å². The molecule has 2 atom stereocenters. The third-order valence-electron chi connectivity index (χ3n) is 4.39. The van der Waals surface area contributed by atoms with E-state index in [1.54, 1.807) is 0 Å². The minimum absolute atomic E-state index is 0.251. The van der Waals surface area contributed by atoms with Crippen molar-refractivity contribution < 1.29 is 9.47 Å². The summed E-state index contributed by atoms with van der Waals surface area (Å²) in [5, 5.41) is 3.54. The van der Waals surface area contributed by atoms with Gasteiger partial charge in [0.05, 0.1) is 12.2 Å². The van der Waals surface area contributed by atoms with Crippen molar-refractivity contribution in [3.05, 3.63) is 29.8 Å². The zero-order chi connectivity index (χ0) is 14.7. The number of ether oxygens (including phenoxy) is 2. The summed E-state index contributed by atoms with van der Waals surface area (Å²) in [6.45, 7) is 6.08. The van der Waals surface area contributed by atoms with Gasteiger partial charge in [0.2, 0.25) is 0 Å². The number of nitrogens with one attached hydrogen (secondary N) is 1. The predicted molar refractivity (Wildman–Crippen MR) is 84.9 cm³/mol. The predicted octanol–water partition coefficient (Wildman–Crippen LogP) is 3.49. The molecule has 3 nitrogen and oxygen atoms in total. The minimum Gasteiger partial charge on any atom is -0.491 e. The van der Waals surface area contributed by atoms with E-state index in [2.05, 4.69) is 43.4 Å². The van der Waals surface area contributed by atoms with Gasteiger partial charge in [-0.25, -0.2) is 0 Å². The Hall–Kier alpha value is -1.06. The van der Waals surface area contributed by atoms with E-state index in [0.717, 1.165) is 31.2 Å². The normalized spacial score (nSPS) is 25.5. The largest absolute Gasteiger partial charge is 0.491 e. The first-order chi connectivity index (χ1) is 10.2. The molecule has 1 saturated heterocycles. The van der Waals surface area contributed by atoms with E-state index in [0.29, 0.717) is 18.6 Å². The second-order valence-electron chi connectivity index (χ2n) is 6.67. The summed E-state index contributed by atoms with van der Waals surface area (Å²) >= 11 is 0. The molecule has 0 spiro atoms. The Kier molecular flexibility index (Phi) is 4.81. The van der Waals surface area contributed by atoms with Crippen LogP contribution in [0.1, 0.15) is 51.0 Å². The molecule has 0 radical (unpaired) electrons. The second kappa shape index (κ2) is 6.80. The standard InChI is InChI=1S/C18H27NO2/c1-13(2)14-3-7-16(8-4-14)20-12-18-10-9-17(21-18)11-19-15-5-6-15/h3-4,7-8,13,15,17-19H,5-6,9-12H2,1-2H3. The van der Waals surface area contributed by atoms with E-state index in [9.17, 15) is 0 Å². The maximum atomic E-state index is 6.04. The zero-order valence-corrected chi connectivity index (χ0v) is 13.2. The van der Waals surface area contributed by atoms with Crippen LogP contribution < -0.4 is 10.1 Å². The summed E-state index contributed by atoms with van der Waals surface area (Å²) in [6.07, 6.45) is 5.57. The lowest BCUT2D eigenvalue weighted by Crippen LogP contribution is -2.29. The molecule has 1 aromatic rings. The van der Waals surface area contributed by atoms with Gasteiger partial charge in [-0.1, -0.05) is 26.0 Å².